The Morgan fingerprint density at radius 1 is 1.38 bits per heavy atom. The summed E-state index contributed by atoms with van der Waals surface area (Å²) < 4.78 is 0.515. The van der Waals surface area contributed by atoms with Gasteiger partial charge in [0, 0.05) is 30.9 Å². The molecule has 2 aromatic heterocycles. The Kier molecular flexibility index (Phi) is 4.55. The van der Waals surface area contributed by atoms with Crippen LogP contribution in [0.25, 0.3) is 10.2 Å². The molecule has 1 N–H and O–H groups in total. The molecule has 0 spiro atoms. The average Bonchev–Trinajstić information content (AvgIpc) is 3.26. The number of aliphatic hydroxyl groups is 1. The zero-order chi connectivity index (χ0) is 20.7. The van der Waals surface area contributed by atoms with Crippen LogP contribution < -0.4 is 4.90 Å². The minimum absolute atomic E-state index is 0.00395. The summed E-state index contributed by atoms with van der Waals surface area (Å²) in [5.74, 6) is -1.72. The van der Waals surface area contributed by atoms with E-state index in [1.807, 2.05) is 0 Å². The van der Waals surface area contributed by atoms with Gasteiger partial charge in [0.2, 0.25) is 0 Å². The number of fused-ring (bicyclic) bond motifs is 1. The van der Waals surface area contributed by atoms with Gasteiger partial charge in [-0.25, -0.2) is 4.98 Å². The summed E-state index contributed by atoms with van der Waals surface area (Å²) in [7, 11) is 0. The Morgan fingerprint density at radius 2 is 2.17 bits per heavy atom. The van der Waals surface area contributed by atoms with Gasteiger partial charge in [-0.3, -0.25) is 29.6 Å². The van der Waals surface area contributed by atoms with Crippen LogP contribution in [-0.4, -0.2) is 31.7 Å². The van der Waals surface area contributed by atoms with Gasteiger partial charge in [0.05, 0.1) is 26.8 Å². The van der Waals surface area contributed by atoms with Crippen molar-refractivity contribution in [1.29, 1.82) is 0 Å². The van der Waals surface area contributed by atoms with Crippen molar-refractivity contribution in [3.63, 3.8) is 0 Å². The lowest BCUT2D eigenvalue weighted by Gasteiger charge is -2.23. The predicted molar refractivity (Wildman–Crippen MR) is 106 cm³/mol. The van der Waals surface area contributed by atoms with Crippen molar-refractivity contribution in [2.24, 2.45) is 0 Å². The molecule has 3 aromatic rings. The molecule has 0 radical (unpaired) electrons. The maximum absolute atomic E-state index is 12.9. The topological polar surface area (TPSA) is 127 Å². The highest BCUT2D eigenvalue weighted by atomic mass is 32.1. The van der Waals surface area contributed by atoms with Crippen LogP contribution in [0.15, 0.2) is 54.1 Å². The zero-order valence-electron chi connectivity index (χ0n) is 15.1. The van der Waals surface area contributed by atoms with Gasteiger partial charge in [-0.15, -0.1) is 0 Å². The SMILES string of the molecule is CCC(=O)C1=C(O)C(=O)N(c2nc3ccc([N+](=O)[O-])cc3s2)C1c1cccnc1. The van der Waals surface area contributed by atoms with Crippen LogP contribution >= 0.6 is 11.3 Å². The third kappa shape index (κ3) is 3.03. The van der Waals surface area contributed by atoms with Crippen LogP contribution in [0.2, 0.25) is 0 Å². The second kappa shape index (κ2) is 7.06. The first kappa shape index (κ1) is 18.7. The number of pyridine rings is 1. The lowest BCUT2D eigenvalue weighted by molar-refractivity contribution is -0.384. The first-order valence-electron chi connectivity index (χ1n) is 8.67. The number of hydrogen-bond acceptors (Lipinski definition) is 8. The fourth-order valence-electron chi connectivity index (χ4n) is 3.25. The summed E-state index contributed by atoms with van der Waals surface area (Å²) in [6, 6.07) is 6.71. The number of carbonyl (C=O) groups excluding carboxylic acids is 2. The minimum Gasteiger partial charge on any atom is -0.503 e. The molecule has 0 saturated heterocycles. The fraction of sp³-hybridized carbons (Fsp3) is 0.158. The Labute approximate surface area is 168 Å². The quantitative estimate of drug-likeness (QED) is 0.504. The average molecular weight is 410 g/mol. The lowest BCUT2D eigenvalue weighted by atomic mass is 9.96. The number of thiazole rings is 1. The number of nitro benzene ring substituents is 1. The normalized spacial score (nSPS) is 16.7. The Balaban J connectivity index is 1.87. The number of benzene rings is 1. The Bertz CT molecular complexity index is 1190. The van der Waals surface area contributed by atoms with Gasteiger partial charge in [-0.05, 0) is 17.7 Å². The summed E-state index contributed by atoms with van der Waals surface area (Å²) in [4.78, 5) is 45.6. The van der Waals surface area contributed by atoms with Crippen molar-refractivity contribution >= 4 is 44.1 Å². The molecule has 0 bridgehead atoms. The maximum atomic E-state index is 12.9. The van der Waals surface area contributed by atoms with Crippen molar-refractivity contribution in [1.82, 2.24) is 9.97 Å². The second-order valence-electron chi connectivity index (χ2n) is 6.31. The van der Waals surface area contributed by atoms with Gasteiger partial charge in [0.15, 0.2) is 16.7 Å². The van der Waals surface area contributed by atoms with E-state index in [4.69, 9.17) is 0 Å². The van der Waals surface area contributed by atoms with Crippen molar-refractivity contribution in [2.45, 2.75) is 19.4 Å². The summed E-state index contributed by atoms with van der Waals surface area (Å²) in [5.41, 5.74) is 0.929. The molecule has 0 aliphatic carbocycles. The Morgan fingerprint density at radius 3 is 2.83 bits per heavy atom. The molecule has 1 aliphatic rings. The van der Waals surface area contributed by atoms with Gasteiger partial charge in [0.25, 0.3) is 11.6 Å². The number of aliphatic hydroxyl groups excluding tert-OH is 1. The maximum Gasteiger partial charge on any atom is 0.296 e. The first-order chi connectivity index (χ1) is 13.9. The standard InChI is InChI=1S/C19H14N4O5S/c1-2-13(24)15-16(10-4-3-7-20-9-10)22(18(26)17(15)25)19-21-12-6-5-11(23(27)28)8-14(12)29-19/h3-9,16,25H,2H2,1H3. The molecular weight excluding hydrogens is 396 g/mol. The molecule has 1 aromatic carbocycles. The largest absolute Gasteiger partial charge is 0.503 e. The van der Waals surface area contributed by atoms with E-state index in [0.717, 1.165) is 11.3 Å². The van der Waals surface area contributed by atoms with Gasteiger partial charge >= 0.3 is 0 Å². The van der Waals surface area contributed by atoms with Gasteiger partial charge in [0.1, 0.15) is 0 Å². The molecular formula is C19H14N4O5S. The smallest absolute Gasteiger partial charge is 0.296 e. The molecule has 0 saturated carbocycles. The number of rotatable bonds is 5. The predicted octanol–water partition coefficient (Wildman–Crippen LogP) is 3.48. The Hall–Kier alpha value is -3.66. The molecule has 1 atom stereocenters. The first-order valence-corrected chi connectivity index (χ1v) is 9.48. The zero-order valence-corrected chi connectivity index (χ0v) is 15.9. The lowest BCUT2D eigenvalue weighted by Crippen LogP contribution is -2.30. The van der Waals surface area contributed by atoms with E-state index >= 15 is 0 Å². The number of amides is 1. The number of nitrogens with zero attached hydrogens (tertiary/aromatic N) is 4. The second-order valence-corrected chi connectivity index (χ2v) is 7.32. The molecule has 9 nitrogen and oxygen atoms in total. The molecule has 4 rings (SSSR count). The third-order valence-electron chi connectivity index (χ3n) is 4.61. The van der Waals surface area contributed by atoms with Crippen LogP contribution in [0.5, 0.6) is 0 Å². The van der Waals surface area contributed by atoms with E-state index in [1.54, 1.807) is 25.3 Å². The van der Waals surface area contributed by atoms with Crippen molar-refractivity contribution in [3.05, 3.63) is 69.7 Å². The highest BCUT2D eigenvalue weighted by Crippen LogP contribution is 2.43. The minimum atomic E-state index is -0.876. The monoisotopic (exact) mass is 410 g/mol. The third-order valence-corrected chi connectivity index (χ3v) is 5.62. The summed E-state index contributed by atoms with van der Waals surface area (Å²) in [6.45, 7) is 1.65. The fourth-order valence-corrected chi connectivity index (χ4v) is 4.27. The number of nitro groups is 1. The van der Waals surface area contributed by atoms with E-state index < -0.39 is 22.6 Å². The van der Waals surface area contributed by atoms with Crippen LogP contribution in [-0.2, 0) is 9.59 Å². The van der Waals surface area contributed by atoms with Crippen LogP contribution in [0.4, 0.5) is 10.8 Å². The molecule has 10 heteroatoms. The van der Waals surface area contributed by atoms with Gasteiger partial charge in [-0.1, -0.05) is 24.3 Å². The summed E-state index contributed by atoms with van der Waals surface area (Å²) in [6.07, 6.45) is 3.19. The van der Waals surface area contributed by atoms with Crippen molar-refractivity contribution < 1.29 is 19.6 Å². The number of carbonyl (C=O) groups is 2. The number of aromatic nitrogens is 2. The highest BCUT2D eigenvalue weighted by molar-refractivity contribution is 7.22. The van der Waals surface area contributed by atoms with Crippen LogP contribution in [0.3, 0.4) is 0 Å². The molecule has 1 unspecified atom stereocenters. The van der Waals surface area contributed by atoms with Crippen molar-refractivity contribution in [2.75, 3.05) is 4.90 Å². The molecule has 0 fully saturated rings. The number of Topliss-reactive ketones (excluding diaryl/α,β-unsaturated/α-hetero) is 1. The molecule has 1 amide bonds. The number of non-ortho nitro benzene ring substituents is 1. The highest BCUT2D eigenvalue weighted by Gasteiger charge is 2.45. The van der Waals surface area contributed by atoms with Crippen LogP contribution in [0, 0.1) is 10.1 Å². The van der Waals surface area contributed by atoms with Crippen LogP contribution in [0.1, 0.15) is 24.9 Å². The van der Waals surface area contributed by atoms with E-state index in [1.165, 1.54) is 29.3 Å². The van der Waals surface area contributed by atoms with E-state index in [9.17, 15) is 24.8 Å². The number of ketones is 1. The number of hydrogen-bond donors (Lipinski definition) is 1. The number of anilines is 1. The molecule has 146 valence electrons. The van der Waals surface area contributed by atoms with Gasteiger partial charge in [-0.2, -0.15) is 0 Å². The van der Waals surface area contributed by atoms with Gasteiger partial charge < -0.3 is 5.11 Å². The van der Waals surface area contributed by atoms with E-state index in [2.05, 4.69) is 9.97 Å². The summed E-state index contributed by atoms with van der Waals surface area (Å²) >= 11 is 1.07. The summed E-state index contributed by atoms with van der Waals surface area (Å²) in [5, 5.41) is 21.7. The van der Waals surface area contributed by atoms with E-state index in [0.29, 0.717) is 15.8 Å². The van der Waals surface area contributed by atoms with E-state index in [-0.39, 0.29) is 28.6 Å². The molecule has 3 heterocycles. The molecule has 29 heavy (non-hydrogen) atoms. The molecule has 1 aliphatic heterocycles. The van der Waals surface area contributed by atoms with Crippen molar-refractivity contribution in [3.8, 4) is 0 Å².